The van der Waals surface area contributed by atoms with E-state index in [0.717, 1.165) is 10.4 Å². The number of sulfone groups is 1. The molecule has 0 saturated heterocycles. The van der Waals surface area contributed by atoms with Crippen LogP contribution in [0.1, 0.15) is 50.1 Å². The van der Waals surface area contributed by atoms with Crippen LogP contribution in [-0.2, 0) is 26.6 Å². The van der Waals surface area contributed by atoms with E-state index in [4.69, 9.17) is 4.74 Å². The SMILES string of the molecule is COc1ccc(S(=O)(=O)CCC(=O)Nc2sc3c(c2C#N)CC(C)(C)NC3(C)C)cc1. The van der Waals surface area contributed by atoms with Crippen molar-refractivity contribution in [1.82, 2.24) is 5.32 Å². The molecule has 1 aromatic heterocycles. The fourth-order valence-electron chi connectivity index (χ4n) is 4.05. The van der Waals surface area contributed by atoms with Crippen molar-refractivity contribution in [3.8, 4) is 11.8 Å². The van der Waals surface area contributed by atoms with Crippen LogP contribution in [-0.4, -0.2) is 32.7 Å². The molecule has 166 valence electrons. The van der Waals surface area contributed by atoms with Crippen LogP contribution in [0.4, 0.5) is 5.00 Å². The second kappa shape index (κ2) is 8.26. The Morgan fingerprint density at radius 2 is 1.90 bits per heavy atom. The average molecular weight is 462 g/mol. The van der Waals surface area contributed by atoms with Crippen LogP contribution in [0, 0.1) is 11.3 Å². The van der Waals surface area contributed by atoms with Crippen molar-refractivity contribution in [2.24, 2.45) is 0 Å². The normalized spacial score (nSPS) is 16.8. The van der Waals surface area contributed by atoms with Gasteiger partial charge in [-0.1, -0.05) is 0 Å². The summed E-state index contributed by atoms with van der Waals surface area (Å²) in [5.74, 6) is -0.196. The highest BCUT2D eigenvalue weighted by Gasteiger charge is 2.40. The second-order valence-corrected chi connectivity index (χ2v) is 12.0. The number of nitrogens with one attached hydrogen (secondary N) is 2. The number of hydrogen-bond donors (Lipinski definition) is 2. The summed E-state index contributed by atoms with van der Waals surface area (Å²) in [7, 11) is -2.11. The van der Waals surface area contributed by atoms with Gasteiger partial charge < -0.3 is 15.4 Å². The van der Waals surface area contributed by atoms with Gasteiger partial charge in [0.15, 0.2) is 9.84 Å². The highest BCUT2D eigenvalue weighted by molar-refractivity contribution is 7.91. The van der Waals surface area contributed by atoms with E-state index in [2.05, 4.69) is 44.4 Å². The molecule has 7 nitrogen and oxygen atoms in total. The van der Waals surface area contributed by atoms with Crippen molar-refractivity contribution in [3.05, 3.63) is 40.3 Å². The number of fused-ring (bicyclic) bond motifs is 1. The largest absolute Gasteiger partial charge is 0.497 e. The maximum atomic E-state index is 12.5. The Morgan fingerprint density at radius 1 is 1.26 bits per heavy atom. The molecule has 2 heterocycles. The van der Waals surface area contributed by atoms with Crippen molar-refractivity contribution in [3.63, 3.8) is 0 Å². The fourth-order valence-corrected chi connectivity index (χ4v) is 6.54. The molecule has 9 heteroatoms. The van der Waals surface area contributed by atoms with Gasteiger partial charge in [0, 0.05) is 22.4 Å². The highest BCUT2D eigenvalue weighted by Crippen LogP contribution is 2.44. The third kappa shape index (κ3) is 4.92. The maximum Gasteiger partial charge on any atom is 0.226 e. The molecular weight excluding hydrogens is 434 g/mol. The zero-order valence-corrected chi connectivity index (χ0v) is 20.0. The van der Waals surface area contributed by atoms with Gasteiger partial charge in [0.05, 0.1) is 23.3 Å². The molecule has 2 aromatic rings. The lowest BCUT2D eigenvalue weighted by Crippen LogP contribution is -2.54. The summed E-state index contributed by atoms with van der Waals surface area (Å²) in [6.07, 6.45) is 0.474. The van der Waals surface area contributed by atoms with Crippen molar-refractivity contribution in [2.75, 3.05) is 18.2 Å². The molecule has 0 aliphatic carbocycles. The summed E-state index contributed by atoms with van der Waals surface area (Å²) in [6, 6.07) is 8.29. The first-order chi connectivity index (χ1) is 14.4. The maximum absolute atomic E-state index is 12.5. The van der Waals surface area contributed by atoms with E-state index in [1.54, 1.807) is 12.1 Å². The molecule has 1 aliphatic rings. The average Bonchev–Trinajstić information content (AvgIpc) is 3.02. The number of rotatable bonds is 6. The zero-order valence-electron chi connectivity index (χ0n) is 18.3. The highest BCUT2D eigenvalue weighted by atomic mass is 32.2. The number of benzene rings is 1. The van der Waals surface area contributed by atoms with Crippen LogP contribution in [0.3, 0.4) is 0 Å². The first-order valence-corrected chi connectivity index (χ1v) is 12.4. The molecule has 0 bridgehead atoms. The van der Waals surface area contributed by atoms with Crippen molar-refractivity contribution in [2.45, 2.75) is 56.5 Å². The van der Waals surface area contributed by atoms with Gasteiger partial charge in [0.25, 0.3) is 0 Å². The molecule has 0 atom stereocenters. The molecular formula is C22H27N3O4S2. The number of carbonyl (C=O) groups excluding carboxylic acids is 1. The van der Waals surface area contributed by atoms with Gasteiger partial charge >= 0.3 is 0 Å². The number of ether oxygens (including phenoxy) is 1. The molecule has 0 radical (unpaired) electrons. The number of nitrogens with zero attached hydrogens (tertiary/aromatic N) is 1. The lowest BCUT2D eigenvalue weighted by molar-refractivity contribution is -0.115. The van der Waals surface area contributed by atoms with E-state index in [1.165, 1.54) is 30.6 Å². The zero-order chi connectivity index (χ0) is 23.0. The minimum atomic E-state index is -3.61. The Kier molecular flexibility index (Phi) is 6.20. The topological polar surface area (TPSA) is 108 Å². The molecule has 0 fully saturated rings. The minimum absolute atomic E-state index is 0.139. The number of anilines is 1. The molecule has 31 heavy (non-hydrogen) atoms. The quantitative estimate of drug-likeness (QED) is 0.681. The summed E-state index contributed by atoms with van der Waals surface area (Å²) in [5, 5.41) is 16.6. The van der Waals surface area contributed by atoms with E-state index < -0.39 is 15.7 Å². The van der Waals surface area contributed by atoms with Crippen LogP contribution in [0.25, 0.3) is 0 Å². The molecule has 0 spiro atoms. The lowest BCUT2D eigenvalue weighted by atomic mass is 9.81. The predicted molar refractivity (Wildman–Crippen MR) is 121 cm³/mol. The Bertz CT molecular complexity index is 1140. The number of hydrogen-bond acceptors (Lipinski definition) is 7. The predicted octanol–water partition coefficient (Wildman–Crippen LogP) is 3.59. The molecule has 3 rings (SSSR count). The number of methoxy groups -OCH3 is 1. The van der Waals surface area contributed by atoms with Crippen molar-refractivity contribution in [1.29, 1.82) is 5.26 Å². The summed E-state index contributed by atoms with van der Waals surface area (Å²) in [4.78, 5) is 13.7. The van der Waals surface area contributed by atoms with E-state index in [9.17, 15) is 18.5 Å². The molecule has 1 aromatic carbocycles. The number of thiophene rings is 1. The Morgan fingerprint density at radius 3 is 2.48 bits per heavy atom. The first kappa shape index (κ1) is 23.3. The van der Waals surface area contributed by atoms with Gasteiger partial charge in [0.2, 0.25) is 5.91 Å². The summed E-state index contributed by atoms with van der Waals surface area (Å²) in [6.45, 7) is 8.27. The summed E-state index contributed by atoms with van der Waals surface area (Å²) in [5.41, 5.74) is 0.890. The van der Waals surface area contributed by atoms with Gasteiger partial charge in [-0.15, -0.1) is 11.3 Å². The van der Waals surface area contributed by atoms with Crippen LogP contribution in [0.2, 0.25) is 0 Å². The fraction of sp³-hybridized carbons (Fsp3) is 0.455. The van der Waals surface area contributed by atoms with E-state index in [0.29, 0.717) is 22.7 Å². The van der Waals surface area contributed by atoms with Gasteiger partial charge in [-0.25, -0.2) is 8.42 Å². The Balaban J connectivity index is 1.75. The Hall–Kier alpha value is -2.41. The Labute approximate surface area is 187 Å². The first-order valence-electron chi connectivity index (χ1n) is 9.91. The van der Waals surface area contributed by atoms with Gasteiger partial charge in [-0.3, -0.25) is 4.79 Å². The van der Waals surface area contributed by atoms with E-state index >= 15 is 0 Å². The number of amides is 1. The minimum Gasteiger partial charge on any atom is -0.497 e. The molecule has 2 N–H and O–H groups in total. The van der Waals surface area contributed by atoms with Crippen LogP contribution in [0.15, 0.2) is 29.2 Å². The molecule has 0 unspecified atom stereocenters. The van der Waals surface area contributed by atoms with E-state index in [1.807, 2.05) is 0 Å². The van der Waals surface area contributed by atoms with Gasteiger partial charge in [-0.05, 0) is 63.9 Å². The van der Waals surface area contributed by atoms with E-state index in [-0.39, 0.29) is 28.1 Å². The standard InChI is InChI=1S/C22H27N3O4S2/c1-21(2)12-16-17(13-23)20(30-19(16)22(3,4)25-21)24-18(26)10-11-31(27,28)15-8-6-14(29-5)7-9-15/h6-9,25H,10-12H2,1-5H3,(H,24,26). The van der Waals surface area contributed by atoms with Crippen LogP contribution < -0.4 is 15.4 Å². The van der Waals surface area contributed by atoms with Gasteiger partial charge in [0.1, 0.15) is 16.8 Å². The lowest BCUT2D eigenvalue weighted by Gasteiger charge is -2.42. The molecule has 0 saturated carbocycles. The van der Waals surface area contributed by atoms with Crippen LogP contribution in [0.5, 0.6) is 5.75 Å². The summed E-state index contributed by atoms with van der Waals surface area (Å²) < 4.78 is 30.1. The third-order valence-electron chi connectivity index (χ3n) is 5.23. The molecule has 1 aliphatic heterocycles. The van der Waals surface area contributed by atoms with Crippen molar-refractivity contribution < 1.29 is 17.9 Å². The third-order valence-corrected chi connectivity index (χ3v) is 8.43. The number of carbonyl (C=O) groups is 1. The van der Waals surface area contributed by atoms with Crippen molar-refractivity contribution >= 4 is 32.1 Å². The summed E-state index contributed by atoms with van der Waals surface area (Å²) >= 11 is 1.38. The second-order valence-electron chi connectivity index (χ2n) is 8.83. The molecule has 1 amide bonds. The number of nitriles is 1. The van der Waals surface area contributed by atoms with Gasteiger partial charge in [-0.2, -0.15) is 5.26 Å². The van der Waals surface area contributed by atoms with Crippen LogP contribution >= 0.6 is 11.3 Å². The smallest absolute Gasteiger partial charge is 0.226 e. The monoisotopic (exact) mass is 461 g/mol.